The van der Waals surface area contributed by atoms with Crippen molar-refractivity contribution in [1.82, 2.24) is 5.32 Å². The Kier molecular flexibility index (Phi) is 5.77. The van der Waals surface area contributed by atoms with Crippen molar-refractivity contribution in [3.8, 4) is 0 Å². The van der Waals surface area contributed by atoms with Crippen LogP contribution in [0.4, 0.5) is 5.69 Å². The molecule has 1 aromatic carbocycles. The highest BCUT2D eigenvalue weighted by Gasteiger charge is 2.12. The Bertz CT molecular complexity index is 466. The zero-order chi connectivity index (χ0) is 13.7. The van der Waals surface area contributed by atoms with Crippen molar-refractivity contribution in [3.63, 3.8) is 0 Å². The van der Waals surface area contributed by atoms with E-state index in [0.717, 1.165) is 8.95 Å². The van der Waals surface area contributed by atoms with E-state index in [1.54, 1.807) is 12.1 Å². The number of nitrogens with one attached hydrogen (secondary N) is 2. The smallest absolute Gasteiger partial charge is 0.320 e. The minimum Gasteiger partial charge on any atom is -0.480 e. The van der Waals surface area contributed by atoms with Crippen LogP contribution in [-0.2, 0) is 9.59 Å². The molecule has 0 radical (unpaired) electrons. The summed E-state index contributed by atoms with van der Waals surface area (Å²) in [5, 5.41) is 13.9. The number of rotatable bonds is 5. The second kappa shape index (κ2) is 6.86. The topological polar surface area (TPSA) is 78.4 Å². The summed E-state index contributed by atoms with van der Waals surface area (Å²) in [6.45, 7) is 1.42. The van der Waals surface area contributed by atoms with E-state index in [-0.39, 0.29) is 12.5 Å². The predicted octanol–water partition coefficient (Wildman–Crippen LogP) is 2.21. The highest BCUT2D eigenvalue weighted by Crippen LogP contribution is 2.25. The van der Waals surface area contributed by atoms with Crippen molar-refractivity contribution in [2.45, 2.75) is 13.0 Å². The Morgan fingerprint density at radius 1 is 1.39 bits per heavy atom. The Balaban J connectivity index is 2.52. The number of benzene rings is 1. The summed E-state index contributed by atoms with van der Waals surface area (Å²) in [6.07, 6.45) is 0. The van der Waals surface area contributed by atoms with E-state index in [2.05, 4.69) is 42.5 Å². The molecule has 0 heterocycles. The van der Waals surface area contributed by atoms with Gasteiger partial charge in [0.05, 0.1) is 12.2 Å². The van der Waals surface area contributed by atoms with Crippen LogP contribution in [0.5, 0.6) is 0 Å². The molecule has 0 unspecified atom stereocenters. The second-order valence-corrected chi connectivity index (χ2v) is 5.38. The number of hydrogen-bond donors (Lipinski definition) is 3. The summed E-state index contributed by atoms with van der Waals surface area (Å²) in [5.41, 5.74) is 0.632. The van der Waals surface area contributed by atoms with Gasteiger partial charge >= 0.3 is 5.97 Å². The van der Waals surface area contributed by atoms with Gasteiger partial charge in [0.15, 0.2) is 0 Å². The first-order valence-electron chi connectivity index (χ1n) is 5.11. The average molecular weight is 380 g/mol. The third-order valence-electron chi connectivity index (χ3n) is 2.14. The van der Waals surface area contributed by atoms with Crippen LogP contribution in [0, 0.1) is 0 Å². The van der Waals surface area contributed by atoms with Crippen LogP contribution in [0.25, 0.3) is 0 Å². The van der Waals surface area contributed by atoms with Crippen molar-refractivity contribution < 1.29 is 14.7 Å². The molecule has 0 aliphatic rings. The lowest BCUT2D eigenvalue weighted by Crippen LogP contribution is -2.39. The fourth-order valence-electron chi connectivity index (χ4n) is 1.12. The molecule has 0 saturated heterocycles. The molecule has 1 rings (SSSR count). The van der Waals surface area contributed by atoms with Crippen molar-refractivity contribution >= 4 is 49.4 Å². The fourth-order valence-corrected chi connectivity index (χ4v) is 2.26. The maximum absolute atomic E-state index is 11.6. The first-order valence-corrected chi connectivity index (χ1v) is 6.70. The van der Waals surface area contributed by atoms with Gasteiger partial charge in [-0.05, 0) is 41.1 Å². The number of carbonyl (C=O) groups is 2. The van der Waals surface area contributed by atoms with Gasteiger partial charge in [-0.1, -0.05) is 15.9 Å². The van der Waals surface area contributed by atoms with E-state index in [1.807, 2.05) is 6.07 Å². The third kappa shape index (κ3) is 4.75. The average Bonchev–Trinajstić information content (AvgIpc) is 2.29. The number of carboxylic acids is 1. The Labute approximate surface area is 121 Å². The van der Waals surface area contributed by atoms with E-state index in [4.69, 9.17) is 5.11 Å². The number of aliphatic carboxylic acids is 1. The van der Waals surface area contributed by atoms with Crippen LogP contribution in [0.2, 0.25) is 0 Å². The SMILES string of the molecule is C[C@H](NCC(=O)Nc1ccc(Br)cc1Br)C(=O)O. The van der Waals surface area contributed by atoms with Gasteiger partial charge in [0.1, 0.15) is 6.04 Å². The zero-order valence-electron chi connectivity index (χ0n) is 9.54. The first-order chi connectivity index (χ1) is 8.40. The van der Waals surface area contributed by atoms with Crippen LogP contribution >= 0.6 is 31.9 Å². The normalized spacial score (nSPS) is 11.9. The quantitative estimate of drug-likeness (QED) is 0.732. The molecular formula is C11H12Br2N2O3. The molecule has 0 bridgehead atoms. The van der Waals surface area contributed by atoms with Gasteiger partial charge in [-0.25, -0.2) is 0 Å². The number of hydrogen-bond acceptors (Lipinski definition) is 3. The molecule has 98 valence electrons. The van der Waals surface area contributed by atoms with Gasteiger partial charge in [0.25, 0.3) is 0 Å². The van der Waals surface area contributed by atoms with E-state index in [0.29, 0.717) is 5.69 Å². The number of amides is 1. The Morgan fingerprint density at radius 3 is 2.61 bits per heavy atom. The number of anilines is 1. The first kappa shape index (κ1) is 15.1. The van der Waals surface area contributed by atoms with Crippen molar-refractivity contribution in [3.05, 3.63) is 27.1 Å². The van der Waals surface area contributed by atoms with E-state index >= 15 is 0 Å². The maximum atomic E-state index is 11.6. The molecule has 7 heteroatoms. The Hall–Kier alpha value is -0.920. The van der Waals surface area contributed by atoms with Crippen LogP contribution in [0.15, 0.2) is 27.1 Å². The summed E-state index contributed by atoms with van der Waals surface area (Å²) in [4.78, 5) is 22.1. The monoisotopic (exact) mass is 378 g/mol. The van der Waals surface area contributed by atoms with Gasteiger partial charge in [-0.3, -0.25) is 14.9 Å². The van der Waals surface area contributed by atoms with Gasteiger partial charge in [0.2, 0.25) is 5.91 Å². The van der Waals surface area contributed by atoms with E-state index in [1.165, 1.54) is 6.92 Å². The van der Waals surface area contributed by atoms with Crippen molar-refractivity contribution in [2.75, 3.05) is 11.9 Å². The number of carbonyl (C=O) groups excluding carboxylic acids is 1. The van der Waals surface area contributed by atoms with Crippen LogP contribution in [0.1, 0.15) is 6.92 Å². The summed E-state index contributed by atoms with van der Waals surface area (Å²) >= 11 is 6.63. The lowest BCUT2D eigenvalue weighted by Gasteiger charge is -2.10. The highest BCUT2D eigenvalue weighted by molar-refractivity contribution is 9.11. The van der Waals surface area contributed by atoms with Crippen LogP contribution in [0.3, 0.4) is 0 Å². The third-order valence-corrected chi connectivity index (χ3v) is 3.29. The van der Waals surface area contributed by atoms with Gasteiger partial charge < -0.3 is 10.4 Å². The molecular weight excluding hydrogens is 368 g/mol. The largest absolute Gasteiger partial charge is 0.480 e. The van der Waals surface area contributed by atoms with Gasteiger partial charge in [-0.15, -0.1) is 0 Å². The molecule has 18 heavy (non-hydrogen) atoms. The standard InChI is InChI=1S/C11H12Br2N2O3/c1-6(11(17)18)14-5-10(16)15-9-3-2-7(12)4-8(9)13/h2-4,6,14H,5H2,1H3,(H,15,16)(H,17,18)/t6-/m0/s1. The maximum Gasteiger partial charge on any atom is 0.320 e. The molecule has 1 amide bonds. The summed E-state index contributed by atoms with van der Waals surface area (Å²) in [6, 6.07) is 4.59. The summed E-state index contributed by atoms with van der Waals surface area (Å²) in [7, 11) is 0. The summed E-state index contributed by atoms with van der Waals surface area (Å²) in [5.74, 6) is -1.29. The highest BCUT2D eigenvalue weighted by atomic mass is 79.9. The lowest BCUT2D eigenvalue weighted by atomic mass is 10.3. The fraction of sp³-hybridized carbons (Fsp3) is 0.273. The molecule has 0 spiro atoms. The number of carboxylic acid groups (broad SMARTS) is 1. The predicted molar refractivity (Wildman–Crippen MR) is 75.6 cm³/mol. The van der Waals surface area contributed by atoms with Crippen molar-refractivity contribution in [1.29, 1.82) is 0 Å². The number of halogens is 2. The lowest BCUT2D eigenvalue weighted by molar-refractivity contribution is -0.139. The van der Waals surface area contributed by atoms with Crippen molar-refractivity contribution in [2.24, 2.45) is 0 Å². The minimum atomic E-state index is -0.993. The summed E-state index contributed by atoms with van der Waals surface area (Å²) < 4.78 is 1.64. The van der Waals surface area contributed by atoms with E-state index < -0.39 is 12.0 Å². The molecule has 0 aliphatic carbocycles. The van der Waals surface area contributed by atoms with Gasteiger partial charge in [0, 0.05) is 8.95 Å². The molecule has 3 N–H and O–H groups in total. The molecule has 5 nitrogen and oxygen atoms in total. The molecule has 0 fully saturated rings. The minimum absolute atomic E-state index is 0.0596. The zero-order valence-corrected chi connectivity index (χ0v) is 12.7. The molecule has 1 atom stereocenters. The van der Waals surface area contributed by atoms with Gasteiger partial charge in [-0.2, -0.15) is 0 Å². The molecule has 1 aromatic rings. The molecule has 0 aliphatic heterocycles. The second-order valence-electron chi connectivity index (χ2n) is 3.61. The van der Waals surface area contributed by atoms with Crippen LogP contribution in [-0.4, -0.2) is 29.6 Å². The van der Waals surface area contributed by atoms with E-state index in [9.17, 15) is 9.59 Å². The molecule has 0 saturated carbocycles. The Morgan fingerprint density at radius 2 is 2.06 bits per heavy atom. The van der Waals surface area contributed by atoms with Crippen LogP contribution < -0.4 is 10.6 Å². The molecule has 0 aromatic heterocycles.